The lowest BCUT2D eigenvalue weighted by atomic mass is 9.77. The van der Waals surface area contributed by atoms with Crippen LogP contribution in [-0.4, -0.2) is 0 Å². The molecule has 1 aliphatic carbocycles. The van der Waals surface area contributed by atoms with Crippen LogP contribution in [0.1, 0.15) is 75.3 Å². The second-order valence-electron chi connectivity index (χ2n) is 8.03. The van der Waals surface area contributed by atoms with Gasteiger partial charge in [0.2, 0.25) is 0 Å². The Morgan fingerprint density at radius 2 is 1.57 bits per heavy atom. The van der Waals surface area contributed by atoms with E-state index in [4.69, 9.17) is 0 Å². The zero-order valence-corrected chi connectivity index (χ0v) is 16.4. The lowest BCUT2D eigenvalue weighted by molar-refractivity contribution is -0.137. The van der Waals surface area contributed by atoms with Crippen LogP contribution in [0.2, 0.25) is 0 Å². The number of hydrogen-bond donors (Lipinski definition) is 0. The lowest BCUT2D eigenvalue weighted by Crippen LogP contribution is -2.13. The molecule has 0 heterocycles. The van der Waals surface area contributed by atoms with Crippen molar-refractivity contribution in [1.29, 1.82) is 0 Å². The van der Waals surface area contributed by atoms with E-state index in [2.05, 4.69) is 6.92 Å². The van der Waals surface area contributed by atoms with Crippen molar-refractivity contribution in [3.05, 3.63) is 59.4 Å². The third-order valence-corrected chi connectivity index (χ3v) is 6.05. The summed E-state index contributed by atoms with van der Waals surface area (Å²) in [5.74, 6) is 0.833. The van der Waals surface area contributed by atoms with Gasteiger partial charge >= 0.3 is 6.18 Å². The van der Waals surface area contributed by atoms with E-state index in [1.54, 1.807) is 12.1 Å². The van der Waals surface area contributed by atoms with Gasteiger partial charge in [0.1, 0.15) is 5.82 Å². The SMILES string of the molecule is CCCCCC1CCC(c2ccc(-c3ccc(C(F)(F)F)cc3)c(F)c2)CC1. The fourth-order valence-corrected chi connectivity index (χ4v) is 4.33. The summed E-state index contributed by atoms with van der Waals surface area (Å²) in [5.41, 5.74) is 1.12. The van der Waals surface area contributed by atoms with Crippen molar-refractivity contribution in [2.24, 2.45) is 5.92 Å². The largest absolute Gasteiger partial charge is 0.416 e. The maximum Gasteiger partial charge on any atom is 0.416 e. The highest BCUT2D eigenvalue weighted by Crippen LogP contribution is 2.39. The van der Waals surface area contributed by atoms with Crippen LogP contribution in [-0.2, 0) is 6.18 Å². The van der Waals surface area contributed by atoms with Crippen LogP contribution < -0.4 is 0 Å². The minimum absolute atomic E-state index is 0.353. The minimum Gasteiger partial charge on any atom is -0.206 e. The van der Waals surface area contributed by atoms with Gasteiger partial charge in [0, 0.05) is 5.56 Å². The molecule has 28 heavy (non-hydrogen) atoms. The molecule has 0 atom stereocenters. The summed E-state index contributed by atoms with van der Waals surface area (Å²) in [6, 6.07) is 9.91. The molecule has 2 aromatic rings. The minimum atomic E-state index is -4.38. The highest BCUT2D eigenvalue weighted by atomic mass is 19.4. The Bertz CT molecular complexity index is 753. The average molecular weight is 392 g/mol. The standard InChI is InChI=1S/C24H28F4/c1-2-3-4-5-17-6-8-18(9-7-17)20-12-15-22(23(25)16-20)19-10-13-21(14-11-19)24(26,27)28/h10-18H,2-9H2,1H3. The summed E-state index contributed by atoms with van der Waals surface area (Å²) in [7, 11) is 0. The first-order valence-corrected chi connectivity index (χ1v) is 10.4. The van der Waals surface area contributed by atoms with E-state index >= 15 is 0 Å². The number of benzene rings is 2. The molecule has 2 aromatic carbocycles. The molecule has 0 saturated heterocycles. The third kappa shape index (κ3) is 5.15. The molecular formula is C24H28F4. The Morgan fingerprint density at radius 3 is 2.14 bits per heavy atom. The van der Waals surface area contributed by atoms with E-state index in [-0.39, 0.29) is 5.82 Å². The summed E-state index contributed by atoms with van der Waals surface area (Å²) in [5, 5.41) is 0. The summed E-state index contributed by atoms with van der Waals surface area (Å²) < 4.78 is 52.8. The van der Waals surface area contributed by atoms with Crippen molar-refractivity contribution in [1.82, 2.24) is 0 Å². The summed E-state index contributed by atoms with van der Waals surface area (Å²) in [6.07, 6.45) is 5.38. The number of hydrogen-bond acceptors (Lipinski definition) is 0. The fraction of sp³-hybridized carbons (Fsp3) is 0.500. The van der Waals surface area contributed by atoms with Crippen molar-refractivity contribution in [2.45, 2.75) is 70.4 Å². The zero-order valence-electron chi connectivity index (χ0n) is 16.4. The summed E-state index contributed by atoms with van der Waals surface area (Å²) in [6.45, 7) is 2.22. The van der Waals surface area contributed by atoms with Crippen molar-refractivity contribution >= 4 is 0 Å². The van der Waals surface area contributed by atoms with Gasteiger partial charge in [0.05, 0.1) is 5.56 Å². The molecule has 0 unspecified atom stereocenters. The van der Waals surface area contributed by atoms with Gasteiger partial charge in [-0.2, -0.15) is 13.2 Å². The van der Waals surface area contributed by atoms with Crippen LogP contribution >= 0.6 is 0 Å². The smallest absolute Gasteiger partial charge is 0.206 e. The molecule has 0 aromatic heterocycles. The molecule has 1 aliphatic rings. The average Bonchev–Trinajstić information content (AvgIpc) is 2.68. The Hall–Kier alpha value is -1.84. The van der Waals surface area contributed by atoms with Gasteiger partial charge in [-0.3, -0.25) is 0 Å². The van der Waals surface area contributed by atoms with Crippen LogP contribution in [0.5, 0.6) is 0 Å². The van der Waals surface area contributed by atoms with Gasteiger partial charge in [0.15, 0.2) is 0 Å². The van der Waals surface area contributed by atoms with Gasteiger partial charge in [-0.15, -0.1) is 0 Å². The second kappa shape index (κ2) is 9.11. The Balaban J connectivity index is 1.65. The second-order valence-corrected chi connectivity index (χ2v) is 8.03. The van der Waals surface area contributed by atoms with Gasteiger partial charge in [-0.05, 0) is 66.8 Å². The van der Waals surface area contributed by atoms with Crippen LogP contribution in [0.25, 0.3) is 11.1 Å². The maximum absolute atomic E-state index is 14.7. The van der Waals surface area contributed by atoms with E-state index in [9.17, 15) is 17.6 Å². The summed E-state index contributed by atoms with van der Waals surface area (Å²) >= 11 is 0. The quantitative estimate of drug-likeness (QED) is 0.342. The van der Waals surface area contributed by atoms with Crippen LogP contribution in [0.4, 0.5) is 17.6 Å². The number of rotatable bonds is 6. The molecule has 1 saturated carbocycles. The maximum atomic E-state index is 14.7. The Morgan fingerprint density at radius 1 is 0.893 bits per heavy atom. The highest BCUT2D eigenvalue weighted by molar-refractivity contribution is 5.65. The van der Waals surface area contributed by atoms with Gasteiger partial charge in [-0.25, -0.2) is 4.39 Å². The molecule has 0 spiro atoms. The molecule has 0 N–H and O–H groups in total. The number of unbranched alkanes of at least 4 members (excludes halogenated alkanes) is 2. The van der Waals surface area contributed by atoms with Crippen molar-refractivity contribution in [3.8, 4) is 11.1 Å². The van der Waals surface area contributed by atoms with E-state index in [1.165, 1.54) is 50.7 Å². The molecule has 3 rings (SSSR count). The van der Waals surface area contributed by atoms with E-state index in [1.807, 2.05) is 6.07 Å². The van der Waals surface area contributed by atoms with Gasteiger partial charge < -0.3 is 0 Å². The first-order valence-electron chi connectivity index (χ1n) is 10.4. The fourth-order valence-electron chi connectivity index (χ4n) is 4.33. The van der Waals surface area contributed by atoms with Crippen molar-refractivity contribution in [3.63, 3.8) is 0 Å². The Kier molecular flexibility index (Phi) is 6.79. The monoisotopic (exact) mass is 392 g/mol. The molecule has 0 amide bonds. The molecule has 152 valence electrons. The predicted molar refractivity (Wildman–Crippen MR) is 106 cm³/mol. The predicted octanol–water partition coefficient (Wildman–Crippen LogP) is 8.37. The molecule has 1 fully saturated rings. The molecule has 0 radical (unpaired) electrons. The first kappa shape index (κ1) is 20.9. The van der Waals surface area contributed by atoms with E-state index in [0.717, 1.165) is 36.5 Å². The molecule has 0 aliphatic heterocycles. The third-order valence-electron chi connectivity index (χ3n) is 6.05. The molecule has 0 bridgehead atoms. The van der Waals surface area contributed by atoms with Gasteiger partial charge in [0.25, 0.3) is 0 Å². The van der Waals surface area contributed by atoms with E-state index in [0.29, 0.717) is 17.0 Å². The molecule has 4 heteroatoms. The van der Waals surface area contributed by atoms with Crippen molar-refractivity contribution in [2.75, 3.05) is 0 Å². The number of alkyl halides is 3. The van der Waals surface area contributed by atoms with Crippen LogP contribution in [0, 0.1) is 11.7 Å². The molecule has 0 nitrogen and oxygen atoms in total. The zero-order chi connectivity index (χ0) is 20.1. The van der Waals surface area contributed by atoms with Crippen LogP contribution in [0.3, 0.4) is 0 Å². The van der Waals surface area contributed by atoms with Crippen LogP contribution in [0.15, 0.2) is 42.5 Å². The Labute approximate surface area is 165 Å². The lowest BCUT2D eigenvalue weighted by Gasteiger charge is -2.29. The normalized spacial score (nSPS) is 20.3. The van der Waals surface area contributed by atoms with E-state index < -0.39 is 11.7 Å². The highest BCUT2D eigenvalue weighted by Gasteiger charge is 2.30. The topological polar surface area (TPSA) is 0 Å². The van der Waals surface area contributed by atoms with Gasteiger partial charge in [-0.1, -0.05) is 56.9 Å². The van der Waals surface area contributed by atoms with Crippen molar-refractivity contribution < 1.29 is 17.6 Å². The number of halogens is 4. The first-order chi connectivity index (χ1) is 13.4. The summed E-state index contributed by atoms with van der Waals surface area (Å²) in [4.78, 5) is 0. The molecular weight excluding hydrogens is 364 g/mol.